The molecule has 0 aliphatic heterocycles. The normalized spacial score (nSPS) is 14.1. The lowest BCUT2D eigenvalue weighted by atomic mass is 9.88. The Kier molecular flexibility index (Phi) is 4.46. The third-order valence-corrected chi connectivity index (χ3v) is 3.75. The second-order valence-corrected chi connectivity index (χ2v) is 4.52. The van der Waals surface area contributed by atoms with Crippen LogP contribution in [0.25, 0.3) is 0 Å². The maximum Gasteiger partial charge on any atom is 0.154 e. The van der Waals surface area contributed by atoms with Crippen molar-refractivity contribution in [1.29, 1.82) is 0 Å². The molecule has 1 aromatic heterocycles. The van der Waals surface area contributed by atoms with Crippen molar-refractivity contribution in [2.45, 2.75) is 38.4 Å². The molecule has 1 aromatic rings. The van der Waals surface area contributed by atoms with Crippen LogP contribution in [0.1, 0.15) is 38.5 Å². The summed E-state index contributed by atoms with van der Waals surface area (Å²) in [7, 11) is 3.37. The van der Waals surface area contributed by atoms with Gasteiger partial charge in [-0.25, -0.2) is 4.68 Å². The van der Waals surface area contributed by atoms with Crippen molar-refractivity contribution in [1.82, 2.24) is 15.0 Å². The molecule has 0 bridgehead atoms. The Bertz CT molecular complexity index is 322. The SMILES string of the molecule is CCC(CC)(OC)C(O)c1c(Br)nnn1C. The van der Waals surface area contributed by atoms with Crippen molar-refractivity contribution in [2.75, 3.05) is 7.11 Å². The molecular weight excluding hydrogens is 274 g/mol. The number of methoxy groups -OCH3 is 1. The van der Waals surface area contributed by atoms with Crippen molar-refractivity contribution in [3.05, 3.63) is 10.3 Å². The van der Waals surface area contributed by atoms with Gasteiger partial charge in [0.05, 0.1) is 5.60 Å². The van der Waals surface area contributed by atoms with Gasteiger partial charge >= 0.3 is 0 Å². The number of aliphatic hydroxyl groups excluding tert-OH is 1. The molecule has 92 valence electrons. The highest BCUT2D eigenvalue weighted by Crippen LogP contribution is 2.36. The summed E-state index contributed by atoms with van der Waals surface area (Å²) in [5.41, 5.74) is 0.0587. The Morgan fingerprint density at radius 1 is 1.50 bits per heavy atom. The van der Waals surface area contributed by atoms with Gasteiger partial charge in [0.1, 0.15) is 11.8 Å². The molecular formula is C10H18BrN3O2. The van der Waals surface area contributed by atoms with E-state index in [-0.39, 0.29) is 0 Å². The average molecular weight is 292 g/mol. The molecule has 0 aromatic carbocycles. The smallest absolute Gasteiger partial charge is 0.154 e. The van der Waals surface area contributed by atoms with E-state index in [2.05, 4.69) is 26.2 Å². The molecule has 0 aliphatic carbocycles. The minimum absolute atomic E-state index is 0.561. The van der Waals surface area contributed by atoms with Crippen molar-refractivity contribution < 1.29 is 9.84 Å². The van der Waals surface area contributed by atoms with Gasteiger partial charge in [-0.05, 0) is 28.8 Å². The van der Waals surface area contributed by atoms with Crippen molar-refractivity contribution in [2.24, 2.45) is 7.05 Å². The van der Waals surface area contributed by atoms with Crippen LogP contribution >= 0.6 is 15.9 Å². The molecule has 0 saturated heterocycles. The summed E-state index contributed by atoms with van der Waals surface area (Å²) < 4.78 is 7.62. The molecule has 1 atom stereocenters. The van der Waals surface area contributed by atoms with E-state index in [1.807, 2.05) is 13.8 Å². The number of hydrogen-bond donors (Lipinski definition) is 1. The number of rotatable bonds is 5. The van der Waals surface area contributed by atoms with E-state index in [0.29, 0.717) is 10.3 Å². The largest absolute Gasteiger partial charge is 0.384 e. The number of nitrogens with zero attached hydrogens (tertiary/aromatic N) is 3. The predicted molar refractivity (Wildman–Crippen MR) is 64.0 cm³/mol. The lowest BCUT2D eigenvalue weighted by molar-refractivity contribution is -0.112. The third-order valence-electron chi connectivity index (χ3n) is 3.19. The molecule has 16 heavy (non-hydrogen) atoms. The zero-order chi connectivity index (χ0) is 12.3. The molecule has 5 nitrogen and oxygen atoms in total. The van der Waals surface area contributed by atoms with Crippen LogP contribution in [0.5, 0.6) is 0 Å². The van der Waals surface area contributed by atoms with E-state index in [1.54, 1.807) is 18.8 Å². The zero-order valence-corrected chi connectivity index (χ0v) is 11.7. The van der Waals surface area contributed by atoms with Gasteiger partial charge in [-0.2, -0.15) is 0 Å². The zero-order valence-electron chi connectivity index (χ0n) is 10.1. The van der Waals surface area contributed by atoms with Crippen LogP contribution in [-0.4, -0.2) is 32.8 Å². The van der Waals surface area contributed by atoms with Crippen LogP contribution in [0.4, 0.5) is 0 Å². The van der Waals surface area contributed by atoms with E-state index in [9.17, 15) is 5.11 Å². The van der Waals surface area contributed by atoms with Crippen LogP contribution in [0.3, 0.4) is 0 Å². The summed E-state index contributed by atoms with van der Waals surface area (Å²) in [5.74, 6) is 0. The highest BCUT2D eigenvalue weighted by atomic mass is 79.9. The fraction of sp³-hybridized carbons (Fsp3) is 0.800. The maximum atomic E-state index is 10.4. The van der Waals surface area contributed by atoms with Gasteiger partial charge in [-0.3, -0.25) is 0 Å². The van der Waals surface area contributed by atoms with E-state index >= 15 is 0 Å². The van der Waals surface area contributed by atoms with Crippen LogP contribution in [0.2, 0.25) is 0 Å². The van der Waals surface area contributed by atoms with Crippen molar-refractivity contribution in [3.63, 3.8) is 0 Å². The van der Waals surface area contributed by atoms with E-state index < -0.39 is 11.7 Å². The number of ether oxygens (including phenoxy) is 1. The fourth-order valence-corrected chi connectivity index (χ4v) is 2.46. The minimum Gasteiger partial charge on any atom is -0.384 e. The molecule has 0 fully saturated rings. The van der Waals surface area contributed by atoms with Gasteiger partial charge in [0.15, 0.2) is 4.60 Å². The van der Waals surface area contributed by atoms with Crippen LogP contribution in [0.15, 0.2) is 4.60 Å². The Hall–Kier alpha value is -0.460. The molecule has 1 heterocycles. The van der Waals surface area contributed by atoms with Gasteiger partial charge in [0.2, 0.25) is 0 Å². The topological polar surface area (TPSA) is 60.2 Å². The standard InChI is InChI=1S/C10H18BrN3O2/c1-5-10(6-2,16-4)8(15)7-9(11)12-13-14(7)3/h8,15H,5-6H2,1-4H3. The summed E-state index contributed by atoms with van der Waals surface area (Å²) in [5, 5.41) is 18.2. The van der Waals surface area contributed by atoms with Crippen LogP contribution < -0.4 is 0 Å². The highest BCUT2D eigenvalue weighted by Gasteiger charge is 2.38. The first-order valence-corrected chi connectivity index (χ1v) is 6.10. The molecule has 0 amide bonds. The summed E-state index contributed by atoms with van der Waals surface area (Å²) in [6.45, 7) is 3.99. The number of aromatic nitrogens is 3. The Morgan fingerprint density at radius 2 is 2.06 bits per heavy atom. The molecule has 0 aliphatic rings. The first-order valence-electron chi connectivity index (χ1n) is 5.30. The van der Waals surface area contributed by atoms with Crippen molar-refractivity contribution in [3.8, 4) is 0 Å². The maximum absolute atomic E-state index is 10.4. The molecule has 0 saturated carbocycles. The van der Waals surface area contributed by atoms with Crippen LogP contribution in [0, 0.1) is 0 Å². The highest BCUT2D eigenvalue weighted by molar-refractivity contribution is 9.10. The first kappa shape index (κ1) is 13.6. The Labute approximate surface area is 104 Å². The summed E-state index contributed by atoms with van der Waals surface area (Å²) in [6.07, 6.45) is 0.694. The molecule has 6 heteroatoms. The minimum atomic E-state index is -0.748. The second-order valence-electron chi connectivity index (χ2n) is 3.77. The quantitative estimate of drug-likeness (QED) is 0.899. The van der Waals surface area contributed by atoms with Gasteiger partial charge < -0.3 is 9.84 Å². The lowest BCUT2D eigenvalue weighted by Gasteiger charge is -2.35. The van der Waals surface area contributed by atoms with Gasteiger partial charge in [0.25, 0.3) is 0 Å². The summed E-state index contributed by atoms with van der Waals surface area (Å²) in [4.78, 5) is 0. The number of aryl methyl sites for hydroxylation is 1. The molecule has 1 N–H and O–H groups in total. The Balaban J connectivity index is 3.13. The number of aliphatic hydroxyl groups is 1. The first-order chi connectivity index (χ1) is 7.52. The van der Waals surface area contributed by atoms with Gasteiger partial charge in [-0.1, -0.05) is 19.1 Å². The van der Waals surface area contributed by atoms with Crippen LogP contribution in [-0.2, 0) is 11.8 Å². The monoisotopic (exact) mass is 291 g/mol. The number of halogens is 1. The Morgan fingerprint density at radius 3 is 2.38 bits per heavy atom. The molecule has 0 spiro atoms. The predicted octanol–water partition coefficient (Wildman–Crippen LogP) is 1.82. The van der Waals surface area contributed by atoms with Gasteiger partial charge in [-0.15, -0.1) is 5.10 Å². The average Bonchev–Trinajstić information content (AvgIpc) is 2.61. The third kappa shape index (κ3) is 2.14. The fourth-order valence-electron chi connectivity index (χ4n) is 1.92. The van der Waals surface area contributed by atoms with Crippen molar-refractivity contribution >= 4 is 15.9 Å². The second kappa shape index (κ2) is 5.25. The summed E-state index contributed by atoms with van der Waals surface area (Å²) in [6, 6.07) is 0. The van der Waals surface area contributed by atoms with E-state index in [1.165, 1.54) is 0 Å². The van der Waals surface area contributed by atoms with E-state index in [0.717, 1.165) is 12.8 Å². The van der Waals surface area contributed by atoms with E-state index in [4.69, 9.17) is 4.74 Å². The molecule has 1 rings (SSSR count). The summed E-state index contributed by atoms with van der Waals surface area (Å²) >= 11 is 3.29. The molecule has 0 radical (unpaired) electrons. The van der Waals surface area contributed by atoms with Gasteiger partial charge in [0, 0.05) is 14.2 Å². The molecule has 1 unspecified atom stereocenters. The lowest BCUT2D eigenvalue weighted by Crippen LogP contribution is -2.38. The number of hydrogen-bond acceptors (Lipinski definition) is 4.